The third kappa shape index (κ3) is 9.08. The van der Waals surface area contributed by atoms with Crippen LogP contribution >= 0.6 is 0 Å². The molecule has 22 heavy (non-hydrogen) atoms. The number of benzene rings is 2. The second-order valence-electron chi connectivity index (χ2n) is 3.59. The summed E-state index contributed by atoms with van der Waals surface area (Å²) in [7, 11) is 1.65. The van der Waals surface area contributed by atoms with E-state index in [9.17, 15) is 0 Å². The second kappa shape index (κ2) is 15.4. The quantitative estimate of drug-likeness (QED) is 0.746. The molecule has 4 heteroatoms. The minimum absolute atomic E-state index is 0.810. The predicted octanol–water partition coefficient (Wildman–Crippen LogP) is 5.51. The fraction of sp³-hybridized carbons (Fsp3) is 0.333. The molecule has 0 radical (unpaired) electrons. The maximum absolute atomic E-state index is 7.83. The van der Waals surface area contributed by atoms with Crippen LogP contribution < -0.4 is 9.47 Å². The summed E-state index contributed by atoms with van der Waals surface area (Å²) in [5, 5.41) is 0. The van der Waals surface area contributed by atoms with E-state index in [1.807, 2.05) is 76.2 Å². The lowest BCUT2D eigenvalue weighted by molar-refractivity contribution is 0.413. The van der Waals surface area contributed by atoms with Gasteiger partial charge in [-0.3, -0.25) is 0 Å². The molecule has 0 atom stereocenters. The smallest absolute Gasteiger partial charge is 0.197 e. The number of methoxy groups -OCH3 is 1. The van der Waals surface area contributed by atoms with Crippen LogP contribution in [0.25, 0.3) is 0 Å². The Balaban J connectivity index is 0. The molecule has 2 aromatic carbocycles. The van der Waals surface area contributed by atoms with Crippen LogP contribution in [0.15, 0.2) is 48.5 Å². The van der Waals surface area contributed by atoms with Gasteiger partial charge in [0.1, 0.15) is 17.2 Å². The van der Waals surface area contributed by atoms with E-state index < -0.39 is 0 Å². The molecule has 122 valence electrons. The van der Waals surface area contributed by atoms with E-state index in [1.165, 1.54) is 5.56 Å². The lowest BCUT2D eigenvalue weighted by Crippen LogP contribution is -1.85. The summed E-state index contributed by atoms with van der Waals surface area (Å²) in [5.41, 5.74) is 1.22. The zero-order chi connectivity index (χ0) is 17.4. The highest BCUT2D eigenvalue weighted by Gasteiger charge is 1.97. The lowest BCUT2D eigenvalue weighted by Gasteiger charge is -2.06. The van der Waals surface area contributed by atoms with Crippen molar-refractivity contribution in [1.29, 1.82) is 0 Å². The molecule has 2 aromatic rings. The Hall–Kier alpha value is -1.94. The molecule has 0 bridgehead atoms. The van der Waals surface area contributed by atoms with E-state index in [-0.39, 0.29) is 0 Å². The molecule has 0 aliphatic rings. The van der Waals surface area contributed by atoms with Crippen LogP contribution in [0, 0.1) is 6.92 Å². The van der Waals surface area contributed by atoms with Gasteiger partial charge in [0.25, 0.3) is 0 Å². The monoisotopic (exact) mass is 322 g/mol. The van der Waals surface area contributed by atoms with Gasteiger partial charge in [-0.05, 0) is 43.3 Å². The zero-order valence-electron chi connectivity index (χ0n) is 14.3. The van der Waals surface area contributed by atoms with Crippen LogP contribution in [-0.4, -0.2) is 11.3 Å². The molecule has 0 N–H and O–H groups in total. The summed E-state index contributed by atoms with van der Waals surface area (Å²) in [4.78, 5) is 0. The Bertz CT molecular complexity index is 467. The van der Waals surface area contributed by atoms with Crippen molar-refractivity contribution in [3.8, 4) is 17.2 Å². The zero-order valence-corrected chi connectivity index (χ0v) is 15.1. The second-order valence-corrected chi connectivity index (χ2v) is 3.59. The van der Waals surface area contributed by atoms with Gasteiger partial charge in [0.05, 0.1) is 7.11 Å². The van der Waals surface area contributed by atoms with Gasteiger partial charge in [-0.2, -0.15) is 4.21 Å². The highest BCUT2D eigenvalue weighted by atomic mass is 32.1. The minimum Gasteiger partial charge on any atom is -0.497 e. The Labute approximate surface area is 139 Å². The van der Waals surface area contributed by atoms with Crippen LogP contribution in [0.1, 0.15) is 33.3 Å². The Kier molecular flexibility index (Phi) is 15.7. The summed E-state index contributed by atoms with van der Waals surface area (Å²) in [6, 6.07) is 15.5. The van der Waals surface area contributed by atoms with Gasteiger partial charge in [-0.15, -0.1) is 0 Å². The normalized spacial score (nSPS) is 7.91. The third-order valence-corrected chi connectivity index (χ3v) is 2.32. The van der Waals surface area contributed by atoms with Crippen molar-refractivity contribution in [3.05, 3.63) is 54.1 Å². The molecule has 0 saturated heterocycles. The Morgan fingerprint density at radius 3 is 1.36 bits per heavy atom. The van der Waals surface area contributed by atoms with E-state index >= 15 is 0 Å². The first-order chi connectivity index (χ1) is 10.8. The number of rotatable bonds is 3. The van der Waals surface area contributed by atoms with E-state index in [2.05, 4.69) is 19.5 Å². The third-order valence-electron chi connectivity index (χ3n) is 2.32. The fourth-order valence-electron chi connectivity index (χ4n) is 1.39. The van der Waals surface area contributed by atoms with Crippen molar-refractivity contribution in [1.82, 2.24) is 0 Å². The molecule has 0 spiro atoms. The molecule has 0 unspecified atom stereocenters. The van der Waals surface area contributed by atoms with E-state index in [1.54, 1.807) is 7.11 Å². The summed E-state index contributed by atoms with van der Waals surface area (Å²) < 4.78 is 18.6. The molecular weight excluding hydrogens is 296 g/mol. The molecule has 0 fully saturated rings. The lowest BCUT2D eigenvalue weighted by atomic mass is 10.2. The average Bonchev–Trinajstić information content (AvgIpc) is 2.63. The fourth-order valence-corrected chi connectivity index (χ4v) is 1.39. The molecule has 0 aromatic heterocycles. The Morgan fingerprint density at radius 1 is 0.682 bits per heavy atom. The summed E-state index contributed by atoms with van der Waals surface area (Å²) in [6.45, 7) is 10.1. The predicted molar refractivity (Wildman–Crippen MR) is 95.1 cm³/mol. The van der Waals surface area contributed by atoms with Crippen LogP contribution in [-0.2, 0) is 12.5 Å². The molecule has 0 aliphatic carbocycles. The molecule has 0 aliphatic heterocycles. The minimum atomic E-state index is 0.810. The van der Waals surface area contributed by atoms with Gasteiger partial charge in [0.2, 0.25) is 0 Å². The standard InChI is InChI=1S/C14H14O2.2C2H6.OS/c1-11-3-5-13(6-4-11)16-14-9-7-12(15-2)8-10-14;3*1-2/h3-10H,1-2H3;2*1-2H3;. The van der Waals surface area contributed by atoms with Crippen molar-refractivity contribution < 1.29 is 13.7 Å². The Morgan fingerprint density at radius 2 is 1.00 bits per heavy atom. The maximum atomic E-state index is 7.83. The number of ether oxygens (including phenoxy) is 2. The van der Waals surface area contributed by atoms with E-state index in [0.29, 0.717) is 0 Å². The molecule has 0 amide bonds. The van der Waals surface area contributed by atoms with Crippen LogP contribution in [0.5, 0.6) is 17.2 Å². The van der Waals surface area contributed by atoms with Crippen molar-refractivity contribution in [3.63, 3.8) is 0 Å². The number of aryl methyl sites for hydroxylation is 1. The molecule has 0 heterocycles. The molecular formula is C18H26O3S. The largest absolute Gasteiger partial charge is 0.497 e. The molecule has 2 rings (SSSR count). The van der Waals surface area contributed by atoms with Crippen molar-refractivity contribution in [2.24, 2.45) is 0 Å². The van der Waals surface area contributed by atoms with Gasteiger partial charge in [-0.25, -0.2) is 0 Å². The summed E-state index contributed by atoms with van der Waals surface area (Å²) >= 11 is 2.83. The first-order valence-electron chi connectivity index (χ1n) is 7.33. The van der Waals surface area contributed by atoms with Crippen molar-refractivity contribution >= 4 is 12.5 Å². The highest BCUT2D eigenvalue weighted by Crippen LogP contribution is 2.23. The SMILES string of the molecule is CC.CC.COc1ccc(Oc2ccc(C)cc2)cc1.O=S. The maximum Gasteiger partial charge on any atom is 0.197 e. The summed E-state index contributed by atoms with van der Waals surface area (Å²) in [5.74, 6) is 2.48. The van der Waals surface area contributed by atoms with Crippen molar-refractivity contribution in [2.75, 3.05) is 7.11 Å². The highest BCUT2D eigenvalue weighted by molar-refractivity contribution is 7.44. The van der Waals surface area contributed by atoms with E-state index in [0.717, 1.165) is 17.2 Å². The molecule has 3 nitrogen and oxygen atoms in total. The number of hydrogen-bond acceptors (Lipinski definition) is 4. The van der Waals surface area contributed by atoms with Crippen LogP contribution in [0.2, 0.25) is 0 Å². The first kappa shape index (κ1) is 22.3. The average molecular weight is 322 g/mol. The van der Waals surface area contributed by atoms with E-state index in [4.69, 9.17) is 13.7 Å². The topological polar surface area (TPSA) is 35.5 Å². The first-order valence-corrected chi connectivity index (χ1v) is 7.66. The summed E-state index contributed by atoms with van der Waals surface area (Å²) in [6.07, 6.45) is 0. The van der Waals surface area contributed by atoms with Gasteiger partial charge in [0, 0.05) is 0 Å². The van der Waals surface area contributed by atoms with Gasteiger partial charge >= 0.3 is 0 Å². The van der Waals surface area contributed by atoms with Gasteiger partial charge in [-0.1, -0.05) is 45.4 Å². The van der Waals surface area contributed by atoms with Gasteiger partial charge in [0.15, 0.2) is 12.5 Å². The molecule has 0 saturated carbocycles. The van der Waals surface area contributed by atoms with Crippen LogP contribution in [0.3, 0.4) is 0 Å². The van der Waals surface area contributed by atoms with Crippen molar-refractivity contribution in [2.45, 2.75) is 34.6 Å². The van der Waals surface area contributed by atoms with Crippen LogP contribution in [0.4, 0.5) is 0 Å². The number of hydrogen-bond donors (Lipinski definition) is 0. The van der Waals surface area contributed by atoms with Gasteiger partial charge < -0.3 is 9.47 Å².